The van der Waals surface area contributed by atoms with Crippen LogP contribution in [0.5, 0.6) is 0 Å². The zero-order chi connectivity index (χ0) is 21.3. The van der Waals surface area contributed by atoms with E-state index < -0.39 is 17.8 Å². The van der Waals surface area contributed by atoms with Crippen molar-refractivity contribution in [2.45, 2.75) is 39.4 Å². The normalized spacial score (nSPS) is 15.9. The summed E-state index contributed by atoms with van der Waals surface area (Å²) in [5.74, 6) is -0.653. The van der Waals surface area contributed by atoms with Crippen LogP contribution in [0.1, 0.15) is 43.4 Å². The van der Waals surface area contributed by atoms with Gasteiger partial charge in [0.15, 0.2) is 5.69 Å². The van der Waals surface area contributed by atoms with Gasteiger partial charge in [0, 0.05) is 37.3 Å². The van der Waals surface area contributed by atoms with Gasteiger partial charge >= 0.3 is 6.18 Å². The molecular weight excluding hydrogens is 405 g/mol. The van der Waals surface area contributed by atoms with E-state index in [4.69, 9.17) is 11.6 Å². The largest absolute Gasteiger partial charge is 0.435 e. The van der Waals surface area contributed by atoms with Gasteiger partial charge in [-0.1, -0.05) is 23.7 Å². The predicted molar refractivity (Wildman–Crippen MR) is 105 cm³/mol. The van der Waals surface area contributed by atoms with Crippen LogP contribution in [0.3, 0.4) is 0 Å². The summed E-state index contributed by atoms with van der Waals surface area (Å²) in [4.78, 5) is 15.2. The third kappa shape index (κ3) is 4.64. The van der Waals surface area contributed by atoms with Crippen molar-refractivity contribution >= 4 is 17.5 Å². The molecule has 0 radical (unpaired) electrons. The smallest absolute Gasteiger partial charge is 0.324 e. The maximum absolute atomic E-state index is 13.2. The zero-order valence-electron chi connectivity index (χ0n) is 16.3. The van der Waals surface area contributed by atoms with Crippen LogP contribution in [0.4, 0.5) is 13.2 Å². The molecular formula is C20H22ClF3N4O. The van der Waals surface area contributed by atoms with E-state index in [1.165, 1.54) is 12.1 Å². The molecule has 9 heteroatoms. The Kier molecular flexibility index (Phi) is 6.05. The maximum atomic E-state index is 13.2. The lowest BCUT2D eigenvalue weighted by Gasteiger charge is -2.32. The molecule has 156 valence electrons. The molecule has 1 aliphatic rings. The van der Waals surface area contributed by atoms with Crippen LogP contribution in [0.15, 0.2) is 41.6 Å². The lowest BCUT2D eigenvalue weighted by Crippen LogP contribution is -2.40. The SMILES string of the molecule is CC1=C(NC(=O)c2cc(C(F)(F)F)nn2-c2ccccc2Cl)CCN(C(C)C)C1. The van der Waals surface area contributed by atoms with Crippen molar-refractivity contribution in [2.24, 2.45) is 0 Å². The maximum Gasteiger partial charge on any atom is 0.435 e. The van der Waals surface area contributed by atoms with Gasteiger partial charge in [-0.25, -0.2) is 4.68 Å². The van der Waals surface area contributed by atoms with Crippen molar-refractivity contribution < 1.29 is 18.0 Å². The predicted octanol–water partition coefficient (Wildman–Crippen LogP) is 4.66. The molecule has 0 unspecified atom stereocenters. The van der Waals surface area contributed by atoms with Crippen molar-refractivity contribution in [3.8, 4) is 5.69 Å². The second-order valence-electron chi connectivity index (χ2n) is 7.30. The Labute approximate surface area is 172 Å². The summed E-state index contributed by atoms with van der Waals surface area (Å²) in [6.45, 7) is 7.57. The summed E-state index contributed by atoms with van der Waals surface area (Å²) in [6, 6.07) is 7.43. The number of carbonyl (C=O) groups excluding carboxylic acids is 1. The summed E-state index contributed by atoms with van der Waals surface area (Å²) in [5, 5.41) is 6.58. The molecule has 0 aliphatic carbocycles. The first-order valence-electron chi connectivity index (χ1n) is 9.24. The number of hydrogen-bond acceptors (Lipinski definition) is 3. The van der Waals surface area contributed by atoms with Crippen LogP contribution in [0.25, 0.3) is 5.69 Å². The van der Waals surface area contributed by atoms with Crippen LogP contribution >= 0.6 is 11.6 Å². The van der Waals surface area contributed by atoms with Gasteiger partial charge in [-0.15, -0.1) is 0 Å². The van der Waals surface area contributed by atoms with Gasteiger partial charge in [0.1, 0.15) is 5.69 Å². The molecule has 3 rings (SSSR count). The number of alkyl halides is 3. The van der Waals surface area contributed by atoms with Gasteiger partial charge in [-0.05, 0) is 38.5 Å². The van der Waals surface area contributed by atoms with Gasteiger partial charge in [0.05, 0.1) is 10.7 Å². The Bertz CT molecular complexity index is 949. The average Bonchev–Trinajstić information content (AvgIpc) is 3.09. The Morgan fingerprint density at radius 1 is 1.28 bits per heavy atom. The first kappa shape index (κ1) is 21.4. The molecule has 2 heterocycles. The van der Waals surface area contributed by atoms with Crippen LogP contribution < -0.4 is 5.32 Å². The van der Waals surface area contributed by atoms with E-state index in [0.29, 0.717) is 19.0 Å². The first-order chi connectivity index (χ1) is 13.6. The van der Waals surface area contributed by atoms with Crippen LogP contribution in [0.2, 0.25) is 5.02 Å². The van der Waals surface area contributed by atoms with Gasteiger partial charge in [0.2, 0.25) is 0 Å². The molecule has 0 bridgehead atoms. The second-order valence-corrected chi connectivity index (χ2v) is 7.71. The molecule has 0 atom stereocenters. The Morgan fingerprint density at radius 2 is 1.97 bits per heavy atom. The molecule has 29 heavy (non-hydrogen) atoms. The molecule has 2 aromatic rings. The highest BCUT2D eigenvalue weighted by atomic mass is 35.5. The number of halogens is 4. The fraction of sp³-hybridized carbons (Fsp3) is 0.400. The van der Waals surface area contributed by atoms with Gasteiger partial charge in [-0.3, -0.25) is 9.69 Å². The zero-order valence-corrected chi connectivity index (χ0v) is 17.1. The minimum absolute atomic E-state index is 0.194. The molecule has 1 aromatic carbocycles. The number of aromatic nitrogens is 2. The van der Waals surface area contributed by atoms with Gasteiger partial charge in [0.25, 0.3) is 5.91 Å². The monoisotopic (exact) mass is 426 g/mol. The highest BCUT2D eigenvalue weighted by Crippen LogP contribution is 2.31. The summed E-state index contributed by atoms with van der Waals surface area (Å²) in [5.41, 5.74) is 0.542. The van der Waals surface area contributed by atoms with Crippen molar-refractivity contribution in [2.75, 3.05) is 13.1 Å². The van der Waals surface area contributed by atoms with Gasteiger partial charge < -0.3 is 5.32 Å². The van der Waals surface area contributed by atoms with Crippen molar-refractivity contribution in [1.82, 2.24) is 20.0 Å². The van der Waals surface area contributed by atoms with Crippen LogP contribution in [0, 0.1) is 0 Å². The van der Waals surface area contributed by atoms with E-state index in [2.05, 4.69) is 29.2 Å². The summed E-state index contributed by atoms with van der Waals surface area (Å²) < 4.78 is 40.7. The molecule has 1 aromatic heterocycles. The van der Waals surface area contributed by atoms with Crippen molar-refractivity contribution in [1.29, 1.82) is 0 Å². The highest BCUT2D eigenvalue weighted by Gasteiger charge is 2.36. The quantitative estimate of drug-likeness (QED) is 0.773. The Morgan fingerprint density at radius 3 is 2.55 bits per heavy atom. The van der Waals surface area contributed by atoms with E-state index in [1.807, 2.05) is 6.92 Å². The molecule has 1 N–H and O–H groups in total. The lowest BCUT2D eigenvalue weighted by atomic mass is 10.1. The molecule has 1 aliphatic heterocycles. The Balaban J connectivity index is 1.95. The van der Waals surface area contributed by atoms with Crippen LogP contribution in [-0.4, -0.2) is 39.7 Å². The standard InChI is InChI=1S/C20H22ClF3N4O/c1-12(2)27-9-8-15(13(3)11-27)25-19(29)17-10-18(20(22,23)24)26-28(17)16-7-5-4-6-14(16)21/h4-7,10,12H,8-9,11H2,1-3H3,(H,25,29). The van der Waals surface area contributed by atoms with Crippen molar-refractivity contribution in [3.63, 3.8) is 0 Å². The number of rotatable bonds is 4. The number of para-hydroxylation sites is 1. The number of nitrogens with one attached hydrogen (secondary N) is 1. The van der Waals surface area contributed by atoms with Crippen LogP contribution in [-0.2, 0) is 6.18 Å². The second kappa shape index (κ2) is 8.20. The first-order valence-corrected chi connectivity index (χ1v) is 9.62. The summed E-state index contributed by atoms with van der Waals surface area (Å²) in [7, 11) is 0. The highest BCUT2D eigenvalue weighted by molar-refractivity contribution is 6.32. The summed E-state index contributed by atoms with van der Waals surface area (Å²) >= 11 is 6.13. The minimum Gasteiger partial charge on any atom is -0.324 e. The van der Waals surface area contributed by atoms with E-state index in [-0.39, 0.29) is 16.4 Å². The molecule has 0 saturated carbocycles. The lowest BCUT2D eigenvalue weighted by molar-refractivity contribution is -0.141. The number of hydrogen-bond donors (Lipinski definition) is 1. The molecule has 0 saturated heterocycles. The van der Waals surface area contributed by atoms with Crippen molar-refractivity contribution in [3.05, 3.63) is 58.0 Å². The molecule has 5 nitrogen and oxygen atoms in total. The van der Waals surface area contributed by atoms with E-state index >= 15 is 0 Å². The molecule has 1 amide bonds. The minimum atomic E-state index is -4.68. The number of benzene rings is 1. The number of carbonyl (C=O) groups is 1. The molecule has 0 fully saturated rings. The van der Waals surface area contributed by atoms with E-state index in [0.717, 1.165) is 28.6 Å². The fourth-order valence-electron chi connectivity index (χ4n) is 3.25. The fourth-order valence-corrected chi connectivity index (χ4v) is 3.46. The topological polar surface area (TPSA) is 50.2 Å². The van der Waals surface area contributed by atoms with Gasteiger partial charge in [-0.2, -0.15) is 18.3 Å². The van der Waals surface area contributed by atoms with E-state index in [1.54, 1.807) is 12.1 Å². The van der Waals surface area contributed by atoms with E-state index in [9.17, 15) is 18.0 Å². The number of amides is 1. The Hall–Kier alpha value is -2.32. The third-order valence-corrected chi connectivity index (χ3v) is 5.23. The average molecular weight is 427 g/mol. The molecule has 0 spiro atoms. The third-order valence-electron chi connectivity index (χ3n) is 4.91. The number of nitrogens with zero attached hydrogens (tertiary/aromatic N) is 3. The summed E-state index contributed by atoms with van der Waals surface area (Å²) in [6.07, 6.45) is -4.07.